The minimum Gasteiger partial charge on any atom is -0.497 e. The van der Waals surface area contributed by atoms with Crippen molar-refractivity contribution in [3.8, 4) is 5.75 Å². The Balaban J connectivity index is 1.63. The van der Waals surface area contributed by atoms with Crippen LogP contribution in [0, 0.1) is 12.7 Å². The number of amides is 1. The largest absolute Gasteiger partial charge is 0.497 e. The normalized spacial score (nSPS) is 11.5. The van der Waals surface area contributed by atoms with Crippen molar-refractivity contribution < 1.29 is 18.7 Å². The number of ether oxygens (including phenoxy) is 1. The van der Waals surface area contributed by atoms with E-state index >= 15 is 0 Å². The van der Waals surface area contributed by atoms with Crippen molar-refractivity contribution in [1.29, 1.82) is 0 Å². The maximum absolute atomic E-state index is 13.5. The summed E-state index contributed by atoms with van der Waals surface area (Å²) in [5.74, 6) is 0.0329. The number of benzene rings is 3. The van der Waals surface area contributed by atoms with Crippen LogP contribution in [0.1, 0.15) is 21.6 Å². The maximum Gasteiger partial charge on any atom is 0.262 e. The molecule has 0 spiro atoms. The van der Waals surface area contributed by atoms with Crippen LogP contribution in [0.15, 0.2) is 66.7 Å². The summed E-state index contributed by atoms with van der Waals surface area (Å²) in [5.41, 5.74) is 2.67. The van der Waals surface area contributed by atoms with E-state index in [0.29, 0.717) is 33.7 Å². The molecule has 186 valence electrons. The van der Waals surface area contributed by atoms with Crippen molar-refractivity contribution in [2.24, 2.45) is 0 Å². The van der Waals surface area contributed by atoms with Crippen LogP contribution < -0.4 is 15.2 Å². The van der Waals surface area contributed by atoms with Crippen molar-refractivity contribution in [1.82, 2.24) is 9.88 Å². The Morgan fingerprint density at radius 1 is 1.03 bits per heavy atom. The number of nitrogens with one attached hydrogen (secondary N) is 1. The minimum atomic E-state index is -2.01. The molecule has 0 fully saturated rings. The minimum absolute atomic E-state index is 0.115. The second-order valence-electron chi connectivity index (χ2n) is 9.44. The number of aromatic nitrogens is 1. The average Bonchev–Trinajstić information content (AvgIpc) is 3.13. The van der Waals surface area contributed by atoms with Gasteiger partial charge in [0, 0.05) is 27.8 Å². The Hall–Kier alpha value is -3.42. The summed E-state index contributed by atoms with van der Waals surface area (Å²) in [5, 5.41) is 5.48. The van der Waals surface area contributed by atoms with Crippen LogP contribution in [0.5, 0.6) is 5.75 Å². The van der Waals surface area contributed by atoms with Gasteiger partial charge in [0.1, 0.15) is 19.6 Å². The molecule has 1 amide bonds. The van der Waals surface area contributed by atoms with E-state index in [1.165, 1.54) is 12.1 Å². The average molecular weight is 523 g/mol. The number of methoxy groups -OCH3 is 1. The molecule has 4 aromatic rings. The molecule has 8 heteroatoms. The Kier molecular flexibility index (Phi) is 7.33. The van der Waals surface area contributed by atoms with E-state index in [-0.39, 0.29) is 24.1 Å². The summed E-state index contributed by atoms with van der Waals surface area (Å²) in [7, 11) is -0.433. The van der Waals surface area contributed by atoms with E-state index in [9.17, 15) is 14.0 Å². The van der Waals surface area contributed by atoms with Gasteiger partial charge >= 0.3 is 0 Å². The van der Waals surface area contributed by atoms with Crippen molar-refractivity contribution in [3.05, 3.63) is 94.4 Å². The molecule has 0 saturated carbocycles. The van der Waals surface area contributed by atoms with Crippen LogP contribution in [0.4, 0.5) is 4.39 Å². The maximum atomic E-state index is 13.5. The first-order valence-corrected chi connectivity index (χ1v) is 15.2. The SMILES string of the molecule is COc1ccc2c(c1)c(CC(=O)NC[Si](C)(C)c1ccc(F)cc1)c(C)n2C(=O)c1ccc(Cl)cc1. The van der Waals surface area contributed by atoms with Gasteiger partial charge < -0.3 is 10.1 Å². The van der Waals surface area contributed by atoms with Crippen LogP contribution in [-0.2, 0) is 11.2 Å². The van der Waals surface area contributed by atoms with Gasteiger partial charge in [-0.1, -0.05) is 42.0 Å². The Morgan fingerprint density at radius 2 is 1.69 bits per heavy atom. The fourth-order valence-electron chi connectivity index (χ4n) is 4.34. The third-order valence-electron chi connectivity index (χ3n) is 6.53. The summed E-state index contributed by atoms with van der Waals surface area (Å²) >= 11 is 6.00. The lowest BCUT2D eigenvalue weighted by Crippen LogP contribution is -2.52. The van der Waals surface area contributed by atoms with Crippen LogP contribution in [-0.4, -0.2) is 37.7 Å². The molecule has 0 aliphatic rings. The number of halogens is 2. The second-order valence-corrected chi connectivity index (χ2v) is 14.6. The predicted molar refractivity (Wildman–Crippen MR) is 145 cm³/mol. The number of carbonyl (C=O) groups is 2. The van der Waals surface area contributed by atoms with Gasteiger partial charge in [-0.3, -0.25) is 14.2 Å². The fraction of sp³-hybridized carbons (Fsp3) is 0.214. The second kappa shape index (κ2) is 10.3. The van der Waals surface area contributed by atoms with Gasteiger partial charge in [-0.2, -0.15) is 0 Å². The van der Waals surface area contributed by atoms with Crippen molar-refractivity contribution in [3.63, 3.8) is 0 Å². The van der Waals surface area contributed by atoms with E-state index < -0.39 is 8.07 Å². The van der Waals surface area contributed by atoms with Crippen molar-refractivity contribution in [2.75, 3.05) is 13.3 Å². The van der Waals surface area contributed by atoms with E-state index in [4.69, 9.17) is 16.3 Å². The molecule has 1 heterocycles. The van der Waals surface area contributed by atoms with E-state index in [1.807, 2.05) is 19.1 Å². The molecule has 4 rings (SSSR count). The summed E-state index contributed by atoms with van der Waals surface area (Å²) in [6.07, 6.45) is 0.631. The lowest BCUT2D eigenvalue weighted by Gasteiger charge is -2.23. The van der Waals surface area contributed by atoms with Gasteiger partial charge in [0.25, 0.3) is 5.91 Å². The van der Waals surface area contributed by atoms with E-state index in [0.717, 1.165) is 16.1 Å². The molecule has 0 saturated heterocycles. The van der Waals surface area contributed by atoms with E-state index in [2.05, 4.69) is 18.4 Å². The quantitative estimate of drug-likeness (QED) is 0.337. The van der Waals surface area contributed by atoms with E-state index in [1.54, 1.807) is 54.1 Å². The molecule has 0 atom stereocenters. The molecule has 0 aliphatic carbocycles. The van der Waals surface area contributed by atoms with Gasteiger partial charge in [-0.05, 0) is 67.1 Å². The number of carbonyl (C=O) groups excluding carboxylic acids is 2. The lowest BCUT2D eigenvalue weighted by molar-refractivity contribution is -0.120. The van der Waals surface area contributed by atoms with Gasteiger partial charge in [0.15, 0.2) is 0 Å². The first-order chi connectivity index (χ1) is 17.1. The monoisotopic (exact) mass is 522 g/mol. The number of nitrogens with zero attached hydrogens (tertiary/aromatic N) is 1. The van der Waals surface area contributed by atoms with Gasteiger partial charge in [0.2, 0.25) is 5.91 Å². The zero-order chi connectivity index (χ0) is 26.0. The van der Waals surface area contributed by atoms with Crippen LogP contribution in [0.3, 0.4) is 0 Å². The zero-order valence-electron chi connectivity index (χ0n) is 20.7. The van der Waals surface area contributed by atoms with Crippen LogP contribution in [0.25, 0.3) is 10.9 Å². The van der Waals surface area contributed by atoms with Gasteiger partial charge in [-0.25, -0.2) is 4.39 Å². The first kappa shape index (κ1) is 25.7. The number of hydrogen-bond donors (Lipinski definition) is 1. The van der Waals surface area contributed by atoms with Crippen molar-refractivity contribution in [2.45, 2.75) is 26.4 Å². The smallest absolute Gasteiger partial charge is 0.262 e. The van der Waals surface area contributed by atoms with Gasteiger partial charge in [-0.15, -0.1) is 0 Å². The topological polar surface area (TPSA) is 60.3 Å². The molecular weight excluding hydrogens is 495 g/mol. The fourth-order valence-corrected chi connectivity index (χ4v) is 6.38. The summed E-state index contributed by atoms with van der Waals surface area (Å²) < 4.78 is 20.4. The highest BCUT2D eigenvalue weighted by Crippen LogP contribution is 2.31. The molecule has 36 heavy (non-hydrogen) atoms. The Morgan fingerprint density at radius 3 is 2.33 bits per heavy atom. The molecule has 0 radical (unpaired) electrons. The zero-order valence-corrected chi connectivity index (χ0v) is 22.4. The summed E-state index contributed by atoms with van der Waals surface area (Å²) in [6, 6.07) is 18.7. The Bertz CT molecular complexity index is 1430. The van der Waals surface area contributed by atoms with Crippen LogP contribution >= 0.6 is 11.6 Å². The van der Waals surface area contributed by atoms with Crippen molar-refractivity contribution >= 4 is 47.6 Å². The molecule has 1 aromatic heterocycles. The molecule has 3 aromatic carbocycles. The summed E-state index contributed by atoms with van der Waals surface area (Å²) in [4.78, 5) is 26.5. The number of rotatable bonds is 7. The lowest BCUT2D eigenvalue weighted by atomic mass is 10.1. The highest BCUT2D eigenvalue weighted by molar-refractivity contribution is 6.90. The third kappa shape index (κ3) is 5.22. The molecule has 0 aliphatic heterocycles. The third-order valence-corrected chi connectivity index (χ3v) is 9.74. The Labute approximate surface area is 215 Å². The molecule has 1 N–H and O–H groups in total. The highest BCUT2D eigenvalue weighted by atomic mass is 35.5. The molecule has 0 bridgehead atoms. The molecule has 0 unspecified atom stereocenters. The molecular formula is C28H28ClFN2O3Si. The van der Waals surface area contributed by atoms with Gasteiger partial charge in [0.05, 0.1) is 19.0 Å². The number of hydrogen-bond acceptors (Lipinski definition) is 3. The first-order valence-electron chi connectivity index (χ1n) is 11.6. The predicted octanol–water partition coefficient (Wildman–Crippen LogP) is 5.25. The molecule has 5 nitrogen and oxygen atoms in total. The highest BCUT2D eigenvalue weighted by Gasteiger charge is 2.26. The standard InChI is InChI=1S/C28H28ClFN2O3Si/c1-18-24(16-27(33)31-17-36(3,4)23-12-9-21(30)10-13-23)25-15-22(35-2)11-14-26(25)32(18)28(34)19-5-7-20(29)8-6-19/h5-15H,16-17H2,1-4H3,(H,31,33). The summed E-state index contributed by atoms with van der Waals surface area (Å²) in [6.45, 7) is 6.11. The number of fused-ring (bicyclic) bond motifs is 1. The van der Waals surface area contributed by atoms with Crippen LogP contribution in [0.2, 0.25) is 18.1 Å².